The molecule has 8 heteroatoms. The molecule has 114 valence electrons. The van der Waals surface area contributed by atoms with Crippen molar-refractivity contribution in [1.29, 1.82) is 0 Å². The molecule has 0 unspecified atom stereocenters. The first-order chi connectivity index (χ1) is 10.0. The predicted octanol–water partition coefficient (Wildman–Crippen LogP) is 2.02. The van der Waals surface area contributed by atoms with Gasteiger partial charge in [0.25, 0.3) is 0 Å². The van der Waals surface area contributed by atoms with E-state index in [1.165, 1.54) is 19.2 Å². The number of sulfonamides is 1. The standard InChI is InChI=1S/C13H16BrN3O3S/c1-20-12-3-5-13(6-4-12)21(18,19)16-7-2-8-17-10-11(14)9-15-17/h3-6,9-10,16H,2,7-8H2,1H3. The summed E-state index contributed by atoms with van der Waals surface area (Å²) < 4.78 is 34.4. The van der Waals surface area contributed by atoms with E-state index in [1.54, 1.807) is 23.0 Å². The van der Waals surface area contributed by atoms with E-state index in [9.17, 15) is 8.42 Å². The van der Waals surface area contributed by atoms with Gasteiger partial charge in [0.1, 0.15) is 5.75 Å². The van der Waals surface area contributed by atoms with Crippen molar-refractivity contribution >= 4 is 26.0 Å². The minimum Gasteiger partial charge on any atom is -0.497 e. The lowest BCUT2D eigenvalue weighted by molar-refractivity contribution is 0.414. The maximum atomic E-state index is 12.1. The van der Waals surface area contributed by atoms with Crippen molar-refractivity contribution in [3.8, 4) is 5.75 Å². The van der Waals surface area contributed by atoms with Crippen LogP contribution in [0.15, 0.2) is 46.0 Å². The van der Waals surface area contributed by atoms with Gasteiger partial charge in [0.15, 0.2) is 0 Å². The van der Waals surface area contributed by atoms with Gasteiger partial charge in [-0.1, -0.05) is 0 Å². The molecule has 0 aliphatic rings. The van der Waals surface area contributed by atoms with E-state index < -0.39 is 10.0 Å². The maximum absolute atomic E-state index is 12.1. The van der Waals surface area contributed by atoms with Gasteiger partial charge in [0, 0.05) is 19.3 Å². The third kappa shape index (κ3) is 4.55. The van der Waals surface area contributed by atoms with Crippen molar-refractivity contribution in [3.05, 3.63) is 41.1 Å². The second kappa shape index (κ2) is 7.06. The number of benzene rings is 1. The lowest BCUT2D eigenvalue weighted by Gasteiger charge is -2.07. The number of hydrogen-bond donors (Lipinski definition) is 1. The van der Waals surface area contributed by atoms with Crippen LogP contribution in [0.2, 0.25) is 0 Å². The molecule has 2 aromatic rings. The summed E-state index contributed by atoms with van der Waals surface area (Å²) in [5.74, 6) is 0.623. The minimum atomic E-state index is -3.48. The van der Waals surface area contributed by atoms with Crippen LogP contribution in [0.1, 0.15) is 6.42 Å². The Morgan fingerprint density at radius 2 is 2.05 bits per heavy atom. The molecule has 1 heterocycles. The van der Waals surface area contributed by atoms with Crippen molar-refractivity contribution < 1.29 is 13.2 Å². The lowest BCUT2D eigenvalue weighted by atomic mass is 10.3. The van der Waals surface area contributed by atoms with E-state index in [0.717, 1.165) is 4.47 Å². The van der Waals surface area contributed by atoms with Gasteiger partial charge in [-0.3, -0.25) is 4.68 Å². The molecular formula is C13H16BrN3O3S. The van der Waals surface area contributed by atoms with Crippen molar-refractivity contribution in [2.45, 2.75) is 17.9 Å². The van der Waals surface area contributed by atoms with Crippen molar-refractivity contribution in [2.75, 3.05) is 13.7 Å². The highest BCUT2D eigenvalue weighted by atomic mass is 79.9. The third-order valence-corrected chi connectivity index (χ3v) is 4.71. The monoisotopic (exact) mass is 373 g/mol. The van der Waals surface area contributed by atoms with E-state index in [-0.39, 0.29) is 4.90 Å². The number of aryl methyl sites for hydroxylation is 1. The highest BCUT2D eigenvalue weighted by molar-refractivity contribution is 9.10. The summed E-state index contributed by atoms with van der Waals surface area (Å²) >= 11 is 3.31. The summed E-state index contributed by atoms with van der Waals surface area (Å²) in [6.07, 6.45) is 4.20. The summed E-state index contributed by atoms with van der Waals surface area (Å²) in [5, 5.41) is 4.11. The molecule has 1 aromatic carbocycles. The maximum Gasteiger partial charge on any atom is 0.240 e. The Bertz CT molecular complexity index is 683. The van der Waals surface area contributed by atoms with Crippen LogP contribution in [0.3, 0.4) is 0 Å². The van der Waals surface area contributed by atoms with Crippen molar-refractivity contribution in [2.24, 2.45) is 0 Å². The Morgan fingerprint density at radius 3 is 2.62 bits per heavy atom. The van der Waals surface area contributed by atoms with Gasteiger partial charge in [-0.25, -0.2) is 13.1 Å². The number of ether oxygens (including phenoxy) is 1. The Kier molecular flexibility index (Phi) is 5.38. The first-order valence-electron chi connectivity index (χ1n) is 6.33. The van der Waals surface area contributed by atoms with Gasteiger partial charge >= 0.3 is 0 Å². The van der Waals surface area contributed by atoms with E-state index in [2.05, 4.69) is 25.8 Å². The van der Waals surface area contributed by atoms with Crippen LogP contribution in [-0.4, -0.2) is 31.9 Å². The highest BCUT2D eigenvalue weighted by Gasteiger charge is 2.12. The number of rotatable bonds is 7. The normalized spacial score (nSPS) is 11.5. The van der Waals surface area contributed by atoms with E-state index >= 15 is 0 Å². The topological polar surface area (TPSA) is 73.2 Å². The fourth-order valence-electron chi connectivity index (χ4n) is 1.75. The highest BCUT2D eigenvalue weighted by Crippen LogP contribution is 2.15. The summed E-state index contributed by atoms with van der Waals surface area (Å²) in [6, 6.07) is 6.28. The molecule has 1 aromatic heterocycles. The van der Waals surface area contributed by atoms with Crippen molar-refractivity contribution in [1.82, 2.24) is 14.5 Å². The van der Waals surface area contributed by atoms with Crippen LogP contribution in [0.25, 0.3) is 0 Å². The zero-order valence-electron chi connectivity index (χ0n) is 11.5. The molecule has 0 saturated carbocycles. The molecule has 6 nitrogen and oxygen atoms in total. The second-order valence-electron chi connectivity index (χ2n) is 4.35. The summed E-state index contributed by atoms with van der Waals surface area (Å²) in [4.78, 5) is 0.227. The van der Waals surface area contributed by atoms with Crippen molar-refractivity contribution in [3.63, 3.8) is 0 Å². The number of halogens is 1. The van der Waals surface area contributed by atoms with E-state index in [4.69, 9.17) is 4.74 Å². The first kappa shape index (κ1) is 16.0. The predicted molar refractivity (Wildman–Crippen MR) is 82.7 cm³/mol. The van der Waals surface area contributed by atoms with Crippen LogP contribution in [0.4, 0.5) is 0 Å². The fraction of sp³-hybridized carbons (Fsp3) is 0.308. The molecule has 0 spiro atoms. The molecule has 0 saturated heterocycles. The molecule has 0 fully saturated rings. The largest absolute Gasteiger partial charge is 0.497 e. The Labute approximate surface area is 132 Å². The molecule has 0 amide bonds. The Balaban J connectivity index is 1.85. The van der Waals surface area contributed by atoms with Gasteiger partial charge < -0.3 is 4.74 Å². The van der Waals surface area contributed by atoms with Gasteiger partial charge in [-0.2, -0.15) is 5.10 Å². The second-order valence-corrected chi connectivity index (χ2v) is 7.03. The number of hydrogen-bond acceptors (Lipinski definition) is 4. The molecular weight excluding hydrogens is 358 g/mol. The number of nitrogens with zero attached hydrogens (tertiary/aromatic N) is 2. The first-order valence-corrected chi connectivity index (χ1v) is 8.60. The molecule has 0 aliphatic carbocycles. The molecule has 0 aliphatic heterocycles. The van der Waals surface area contributed by atoms with Gasteiger partial charge in [-0.05, 0) is 46.6 Å². The van der Waals surface area contributed by atoms with E-state index in [0.29, 0.717) is 25.3 Å². The number of methoxy groups -OCH3 is 1. The fourth-order valence-corrected chi connectivity index (χ4v) is 3.15. The van der Waals surface area contributed by atoms with E-state index in [1.807, 2.05) is 6.20 Å². The molecule has 2 rings (SSSR count). The molecule has 1 N–H and O–H groups in total. The summed E-state index contributed by atoms with van der Waals surface area (Å²) in [5.41, 5.74) is 0. The summed E-state index contributed by atoms with van der Waals surface area (Å²) in [7, 11) is -1.94. The zero-order valence-corrected chi connectivity index (χ0v) is 13.9. The average molecular weight is 374 g/mol. The summed E-state index contributed by atoms with van der Waals surface area (Å²) in [6.45, 7) is 1.00. The van der Waals surface area contributed by atoms with Gasteiger partial charge in [0.05, 0.1) is 22.7 Å². The van der Waals surface area contributed by atoms with Crippen LogP contribution in [-0.2, 0) is 16.6 Å². The number of aromatic nitrogens is 2. The zero-order chi connectivity index (χ0) is 15.3. The molecule has 21 heavy (non-hydrogen) atoms. The lowest BCUT2D eigenvalue weighted by Crippen LogP contribution is -2.25. The van der Waals surface area contributed by atoms with Crippen LogP contribution in [0.5, 0.6) is 5.75 Å². The van der Waals surface area contributed by atoms with Crippen LogP contribution >= 0.6 is 15.9 Å². The smallest absolute Gasteiger partial charge is 0.240 e. The van der Waals surface area contributed by atoms with Crippen LogP contribution < -0.4 is 9.46 Å². The molecule has 0 radical (unpaired) electrons. The average Bonchev–Trinajstić information content (AvgIpc) is 2.89. The molecule has 0 atom stereocenters. The Morgan fingerprint density at radius 1 is 1.33 bits per heavy atom. The number of nitrogens with one attached hydrogen (secondary N) is 1. The minimum absolute atomic E-state index is 0.227. The van der Waals surface area contributed by atoms with Gasteiger partial charge in [0.2, 0.25) is 10.0 Å². The SMILES string of the molecule is COc1ccc(S(=O)(=O)NCCCn2cc(Br)cn2)cc1. The van der Waals surface area contributed by atoms with Gasteiger partial charge in [-0.15, -0.1) is 0 Å². The quantitative estimate of drug-likeness (QED) is 0.753. The van der Waals surface area contributed by atoms with Crippen LogP contribution in [0, 0.1) is 0 Å². The molecule has 0 bridgehead atoms. The Hall–Kier alpha value is -1.38. The third-order valence-electron chi connectivity index (χ3n) is 2.83.